The second-order valence-corrected chi connectivity index (χ2v) is 5.49. The maximum absolute atomic E-state index is 12.0. The maximum Gasteiger partial charge on any atom is 0.306 e. The third-order valence-electron chi connectivity index (χ3n) is 3.91. The fraction of sp³-hybridized carbons (Fsp3) is 0.500. The number of rotatable bonds is 5. The van der Waals surface area contributed by atoms with Crippen molar-refractivity contribution in [2.45, 2.75) is 38.1 Å². The summed E-state index contributed by atoms with van der Waals surface area (Å²) in [4.78, 5) is 23.0. The molecule has 21 heavy (non-hydrogen) atoms. The molecule has 0 aliphatic heterocycles. The first-order valence-corrected chi connectivity index (χ1v) is 7.23. The minimum Gasteiger partial charge on any atom is -0.497 e. The lowest BCUT2D eigenvalue weighted by atomic mass is 9.85. The molecule has 0 bridgehead atoms. The van der Waals surface area contributed by atoms with Crippen LogP contribution in [-0.4, -0.2) is 30.1 Å². The third-order valence-corrected chi connectivity index (χ3v) is 3.91. The smallest absolute Gasteiger partial charge is 0.306 e. The van der Waals surface area contributed by atoms with E-state index in [0.717, 1.165) is 24.2 Å². The van der Waals surface area contributed by atoms with Crippen LogP contribution in [0.1, 0.15) is 31.2 Å². The second kappa shape index (κ2) is 7.11. The Labute approximate surface area is 124 Å². The number of benzene rings is 1. The van der Waals surface area contributed by atoms with E-state index in [1.165, 1.54) is 0 Å². The predicted molar refractivity (Wildman–Crippen MR) is 78.2 cm³/mol. The minimum absolute atomic E-state index is 0.0226. The molecule has 5 heteroatoms. The summed E-state index contributed by atoms with van der Waals surface area (Å²) in [6, 6.07) is 7.34. The van der Waals surface area contributed by atoms with Crippen LogP contribution in [0.4, 0.5) is 0 Å². The Morgan fingerprint density at radius 1 is 1.29 bits per heavy atom. The van der Waals surface area contributed by atoms with E-state index in [1.807, 2.05) is 24.3 Å². The molecule has 1 aliphatic carbocycles. The summed E-state index contributed by atoms with van der Waals surface area (Å²) >= 11 is 0. The van der Waals surface area contributed by atoms with E-state index in [2.05, 4.69) is 5.32 Å². The van der Waals surface area contributed by atoms with Crippen LogP contribution in [-0.2, 0) is 16.0 Å². The van der Waals surface area contributed by atoms with E-state index >= 15 is 0 Å². The number of hydrogen-bond acceptors (Lipinski definition) is 3. The summed E-state index contributed by atoms with van der Waals surface area (Å²) in [5.74, 6) is -0.388. The van der Waals surface area contributed by atoms with Gasteiger partial charge in [0, 0.05) is 6.04 Å². The molecule has 1 saturated carbocycles. The first kappa shape index (κ1) is 15.4. The fourth-order valence-corrected chi connectivity index (χ4v) is 2.75. The van der Waals surface area contributed by atoms with Crippen molar-refractivity contribution in [3.05, 3.63) is 29.8 Å². The molecule has 2 unspecified atom stereocenters. The van der Waals surface area contributed by atoms with Crippen LogP contribution in [0.3, 0.4) is 0 Å². The van der Waals surface area contributed by atoms with Gasteiger partial charge in [0.2, 0.25) is 5.91 Å². The van der Waals surface area contributed by atoms with E-state index < -0.39 is 5.97 Å². The number of carboxylic acid groups (broad SMARTS) is 1. The number of methoxy groups -OCH3 is 1. The van der Waals surface area contributed by atoms with Crippen molar-refractivity contribution < 1.29 is 19.4 Å². The highest BCUT2D eigenvalue weighted by atomic mass is 16.5. The van der Waals surface area contributed by atoms with Gasteiger partial charge in [0.1, 0.15) is 5.75 Å². The first-order chi connectivity index (χ1) is 10.1. The number of carboxylic acids is 1. The summed E-state index contributed by atoms with van der Waals surface area (Å²) in [7, 11) is 1.60. The number of carbonyl (C=O) groups excluding carboxylic acids is 1. The lowest BCUT2D eigenvalue weighted by molar-refractivity contribution is -0.143. The van der Waals surface area contributed by atoms with Crippen molar-refractivity contribution in [2.24, 2.45) is 5.92 Å². The van der Waals surface area contributed by atoms with E-state index in [1.54, 1.807) is 7.11 Å². The summed E-state index contributed by atoms with van der Waals surface area (Å²) < 4.78 is 5.07. The zero-order valence-corrected chi connectivity index (χ0v) is 12.2. The Kier molecular flexibility index (Phi) is 5.20. The highest BCUT2D eigenvalue weighted by Gasteiger charge is 2.27. The van der Waals surface area contributed by atoms with Gasteiger partial charge in [-0.3, -0.25) is 9.59 Å². The van der Waals surface area contributed by atoms with Crippen LogP contribution in [0.2, 0.25) is 0 Å². The monoisotopic (exact) mass is 291 g/mol. The van der Waals surface area contributed by atoms with Crippen LogP contribution in [0.25, 0.3) is 0 Å². The van der Waals surface area contributed by atoms with Crippen LogP contribution >= 0.6 is 0 Å². The van der Waals surface area contributed by atoms with Gasteiger partial charge in [-0.05, 0) is 37.0 Å². The molecule has 0 aromatic heterocycles. The van der Waals surface area contributed by atoms with Crippen LogP contribution < -0.4 is 10.1 Å². The average Bonchev–Trinajstić information content (AvgIpc) is 2.48. The molecular formula is C16H21NO4. The van der Waals surface area contributed by atoms with Crippen molar-refractivity contribution in [3.63, 3.8) is 0 Å². The molecule has 1 aromatic carbocycles. The molecule has 1 amide bonds. The highest BCUT2D eigenvalue weighted by molar-refractivity contribution is 5.79. The van der Waals surface area contributed by atoms with Crippen LogP contribution in [0.15, 0.2) is 24.3 Å². The van der Waals surface area contributed by atoms with Gasteiger partial charge in [0.15, 0.2) is 0 Å². The maximum atomic E-state index is 12.0. The van der Waals surface area contributed by atoms with Crippen molar-refractivity contribution in [2.75, 3.05) is 7.11 Å². The molecular weight excluding hydrogens is 270 g/mol. The highest BCUT2D eigenvalue weighted by Crippen LogP contribution is 2.24. The number of carbonyl (C=O) groups is 2. The van der Waals surface area contributed by atoms with Crippen molar-refractivity contribution >= 4 is 11.9 Å². The van der Waals surface area contributed by atoms with Gasteiger partial charge < -0.3 is 15.2 Å². The van der Waals surface area contributed by atoms with Gasteiger partial charge in [-0.25, -0.2) is 0 Å². The van der Waals surface area contributed by atoms with E-state index in [-0.39, 0.29) is 17.9 Å². The number of hydrogen-bond donors (Lipinski definition) is 2. The summed E-state index contributed by atoms with van der Waals surface area (Å²) in [5.41, 5.74) is 0.916. The zero-order chi connectivity index (χ0) is 15.2. The Hall–Kier alpha value is -2.04. The number of ether oxygens (including phenoxy) is 1. The van der Waals surface area contributed by atoms with Crippen molar-refractivity contribution in [3.8, 4) is 5.75 Å². The third kappa shape index (κ3) is 4.48. The molecule has 1 aliphatic rings. The van der Waals surface area contributed by atoms with E-state index in [9.17, 15) is 9.59 Å². The Balaban J connectivity index is 1.84. The van der Waals surface area contributed by atoms with Gasteiger partial charge in [0.05, 0.1) is 19.4 Å². The summed E-state index contributed by atoms with van der Waals surface area (Å²) in [6.45, 7) is 0. The van der Waals surface area contributed by atoms with Crippen LogP contribution in [0.5, 0.6) is 5.75 Å². The molecule has 0 radical (unpaired) electrons. The number of nitrogens with one attached hydrogen (secondary N) is 1. The second-order valence-electron chi connectivity index (χ2n) is 5.49. The minimum atomic E-state index is -0.760. The molecule has 0 spiro atoms. The number of amides is 1. The molecule has 0 saturated heterocycles. The SMILES string of the molecule is COc1ccc(CC(=O)NC2CCCC(C(=O)O)C2)cc1. The summed E-state index contributed by atoms with van der Waals surface area (Å²) in [6.07, 6.45) is 3.25. The molecule has 0 heterocycles. The Bertz CT molecular complexity index is 498. The molecule has 114 valence electrons. The van der Waals surface area contributed by atoms with Crippen molar-refractivity contribution in [1.29, 1.82) is 0 Å². The topological polar surface area (TPSA) is 75.6 Å². The lowest BCUT2D eigenvalue weighted by Crippen LogP contribution is -2.40. The van der Waals surface area contributed by atoms with Gasteiger partial charge in [0.25, 0.3) is 0 Å². The standard InChI is InChI=1S/C16H21NO4/c1-21-14-7-5-11(6-8-14)9-15(18)17-13-4-2-3-12(10-13)16(19)20/h5-8,12-13H,2-4,9-10H2,1H3,(H,17,18)(H,19,20). The Morgan fingerprint density at radius 2 is 2.00 bits per heavy atom. The van der Waals surface area contributed by atoms with Gasteiger partial charge in [-0.15, -0.1) is 0 Å². The van der Waals surface area contributed by atoms with Gasteiger partial charge in [-0.2, -0.15) is 0 Å². The molecule has 5 nitrogen and oxygen atoms in total. The van der Waals surface area contributed by atoms with Gasteiger partial charge in [-0.1, -0.05) is 18.6 Å². The fourth-order valence-electron chi connectivity index (χ4n) is 2.75. The average molecular weight is 291 g/mol. The largest absolute Gasteiger partial charge is 0.497 e. The molecule has 1 fully saturated rings. The predicted octanol–water partition coefficient (Wildman–Crippen LogP) is 2.00. The molecule has 2 N–H and O–H groups in total. The normalized spacial score (nSPS) is 21.6. The summed E-state index contributed by atoms with van der Waals surface area (Å²) in [5, 5.41) is 12.0. The quantitative estimate of drug-likeness (QED) is 0.870. The molecule has 1 aromatic rings. The zero-order valence-electron chi connectivity index (χ0n) is 12.2. The Morgan fingerprint density at radius 3 is 2.62 bits per heavy atom. The first-order valence-electron chi connectivity index (χ1n) is 7.23. The lowest BCUT2D eigenvalue weighted by Gasteiger charge is -2.27. The molecule has 2 rings (SSSR count). The van der Waals surface area contributed by atoms with Gasteiger partial charge >= 0.3 is 5.97 Å². The molecule has 2 atom stereocenters. The number of aliphatic carboxylic acids is 1. The van der Waals surface area contributed by atoms with Crippen LogP contribution in [0, 0.1) is 5.92 Å². The van der Waals surface area contributed by atoms with E-state index in [4.69, 9.17) is 9.84 Å². The van der Waals surface area contributed by atoms with E-state index in [0.29, 0.717) is 19.3 Å². The van der Waals surface area contributed by atoms with Crippen molar-refractivity contribution in [1.82, 2.24) is 5.32 Å².